The molecule has 0 aliphatic carbocycles. The molecule has 2 rings (SSSR count). The van der Waals surface area contributed by atoms with Crippen LogP contribution in [0.5, 0.6) is 0 Å². The van der Waals surface area contributed by atoms with Crippen LogP contribution in [-0.2, 0) is 6.42 Å². The molecular formula is C14H17FN4. The minimum atomic E-state index is -0.296. The van der Waals surface area contributed by atoms with Crippen molar-refractivity contribution in [1.82, 2.24) is 15.3 Å². The van der Waals surface area contributed by atoms with E-state index in [-0.39, 0.29) is 11.9 Å². The highest BCUT2D eigenvalue weighted by atomic mass is 19.1. The number of halogens is 1. The van der Waals surface area contributed by atoms with Gasteiger partial charge >= 0.3 is 0 Å². The van der Waals surface area contributed by atoms with Gasteiger partial charge < -0.3 is 11.1 Å². The molecule has 0 aliphatic rings. The summed E-state index contributed by atoms with van der Waals surface area (Å²) in [6, 6.07) is 6.51. The quantitative estimate of drug-likeness (QED) is 0.864. The first-order valence-corrected chi connectivity index (χ1v) is 6.25. The van der Waals surface area contributed by atoms with Gasteiger partial charge in [-0.2, -0.15) is 0 Å². The molecule has 0 bridgehead atoms. The van der Waals surface area contributed by atoms with Crippen molar-refractivity contribution in [2.24, 2.45) is 0 Å². The largest absolute Gasteiger partial charge is 0.384 e. The number of hydrogen-bond donors (Lipinski definition) is 2. The average molecular weight is 260 g/mol. The van der Waals surface area contributed by atoms with E-state index < -0.39 is 0 Å². The van der Waals surface area contributed by atoms with Crippen LogP contribution in [0.4, 0.5) is 10.2 Å². The van der Waals surface area contributed by atoms with E-state index in [2.05, 4.69) is 15.3 Å². The molecule has 2 aromatic heterocycles. The molecule has 1 atom stereocenters. The van der Waals surface area contributed by atoms with E-state index in [9.17, 15) is 4.39 Å². The Bertz CT molecular complexity index is 544. The van der Waals surface area contributed by atoms with Crippen LogP contribution in [0.3, 0.4) is 0 Å². The molecule has 5 heteroatoms. The van der Waals surface area contributed by atoms with Crippen LogP contribution in [0.1, 0.15) is 24.2 Å². The zero-order chi connectivity index (χ0) is 13.7. The molecule has 0 saturated carbocycles. The summed E-state index contributed by atoms with van der Waals surface area (Å²) >= 11 is 0. The Hall–Kier alpha value is -2.01. The molecule has 3 N–H and O–H groups in total. The molecule has 2 heterocycles. The molecule has 1 unspecified atom stereocenters. The second-order valence-electron chi connectivity index (χ2n) is 4.27. The summed E-state index contributed by atoms with van der Waals surface area (Å²) in [6.07, 6.45) is 3.88. The van der Waals surface area contributed by atoms with Crippen molar-refractivity contribution in [3.05, 3.63) is 53.7 Å². The number of aromatic nitrogens is 2. The molecule has 0 aliphatic heterocycles. The van der Waals surface area contributed by atoms with E-state index in [1.54, 1.807) is 24.5 Å². The minimum absolute atomic E-state index is 0.173. The average Bonchev–Trinajstić information content (AvgIpc) is 2.39. The van der Waals surface area contributed by atoms with Crippen molar-refractivity contribution < 1.29 is 4.39 Å². The van der Waals surface area contributed by atoms with Gasteiger partial charge in [-0.05, 0) is 42.8 Å². The van der Waals surface area contributed by atoms with Crippen LogP contribution >= 0.6 is 0 Å². The zero-order valence-electron chi connectivity index (χ0n) is 10.8. The SMILES string of the molecule is CCNC(Cc1ccnc(N)c1)c1ncccc1F. The van der Waals surface area contributed by atoms with Crippen LogP contribution < -0.4 is 11.1 Å². The third-order valence-corrected chi connectivity index (χ3v) is 2.85. The van der Waals surface area contributed by atoms with Crippen molar-refractivity contribution in [2.45, 2.75) is 19.4 Å². The van der Waals surface area contributed by atoms with Crippen molar-refractivity contribution >= 4 is 5.82 Å². The maximum Gasteiger partial charge on any atom is 0.146 e. The molecule has 0 saturated heterocycles. The number of anilines is 1. The number of nitrogens with one attached hydrogen (secondary N) is 1. The van der Waals surface area contributed by atoms with Gasteiger partial charge in [-0.15, -0.1) is 0 Å². The van der Waals surface area contributed by atoms with Gasteiger partial charge in [-0.25, -0.2) is 9.37 Å². The fourth-order valence-electron chi connectivity index (χ4n) is 2.02. The standard InChI is InChI=1S/C14H17FN4/c1-2-17-12(14-11(15)4-3-6-19-14)8-10-5-7-18-13(16)9-10/h3-7,9,12,17H,2,8H2,1H3,(H2,16,18). The number of likely N-dealkylation sites (N-methyl/N-ethyl adjacent to an activating group) is 1. The summed E-state index contributed by atoms with van der Waals surface area (Å²) in [7, 11) is 0. The highest BCUT2D eigenvalue weighted by Gasteiger charge is 2.16. The van der Waals surface area contributed by atoms with Gasteiger partial charge in [-0.3, -0.25) is 4.98 Å². The molecule has 0 aromatic carbocycles. The van der Waals surface area contributed by atoms with E-state index in [0.717, 1.165) is 12.1 Å². The lowest BCUT2D eigenvalue weighted by molar-refractivity contribution is 0.494. The lowest BCUT2D eigenvalue weighted by atomic mass is 10.0. The Labute approximate surface area is 111 Å². The van der Waals surface area contributed by atoms with Gasteiger partial charge in [0.05, 0.1) is 11.7 Å². The zero-order valence-corrected chi connectivity index (χ0v) is 10.8. The van der Waals surface area contributed by atoms with Gasteiger partial charge in [0.1, 0.15) is 11.6 Å². The summed E-state index contributed by atoms with van der Waals surface area (Å²) in [6.45, 7) is 2.72. The van der Waals surface area contributed by atoms with E-state index in [4.69, 9.17) is 5.73 Å². The van der Waals surface area contributed by atoms with E-state index in [1.165, 1.54) is 6.07 Å². The summed E-state index contributed by atoms with van der Waals surface area (Å²) in [5.74, 6) is 0.171. The molecule has 2 aromatic rings. The molecule has 19 heavy (non-hydrogen) atoms. The summed E-state index contributed by atoms with van der Waals surface area (Å²) in [4.78, 5) is 8.08. The van der Waals surface area contributed by atoms with Crippen LogP contribution in [0.25, 0.3) is 0 Å². The number of nitrogen functional groups attached to an aromatic ring is 1. The fourth-order valence-corrected chi connectivity index (χ4v) is 2.02. The second-order valence-corrected chi connectivity index (χ2v) is 4.27. The number of nitrogens with two attached hydrogens (primary N) is 1. The predicted molar refractivity (Wildman–Crippen MR) is 73.0 cm³/mol. The van der Waals surface area contributed by atoms with Crippen molar-refractivity contribution in [3.8, 4) is 0 Å². The minimum Gasteiger partial charge on any atom is -0.384 e. The van der Waals surface area contributed by atoms with Crippen LogP contribution in [0, 0.1) is 5.82 Å². The van der Waals surface area contributed by atoms with Gasteiger partial charge in [-0.1, -0.05) is 6.92 Å². The van der Waals surface area contributed by atoms with Crippen molar-refractivity contribution in [3.63, 3.8) is 0 Å². The van der Waals surface area contributed by atoms with Crippen molar-refractivity contribution in [2.75, 3.05) is 12.3 Å². The second kappa shape index (κ2) is 6.24. The molecule has 100 valence electrons. The highest BCUT2D eigenvalue weighted by Crippen LogP contribution is 2.19. The normalized spacial score (nSPS) is 12.3. The number of nitrogens with zero attached hydrogens (tertiary/aromatic N) is 2. The van der Waals surface area contributed by atoms with Crippen LogP contribution in [-0.4, -0.2) is 16.5 Å². The number of rotatable bonds is 5. The third-order valence-electron chi connectivity index (χ3n) is 2.85. The first-order valence-electron chi connectivity index (χ1n) is 6.25. The molecule has 0 radical (unpaired) electrons. The van der Waals surface area contributed by atoms with Gasteiger partial charge in [0.15, 0.2) is 0 Å². The van der Waals surface area contributed by atoms with E-state index >= 15 is 0 Å². The summed E-state index contributed by atoms with van der Waals surface area (Å²) in [5, 5.41) is 3.24. The van der Waals surface area contributed by atoms with Crippen LogP contribution in [0.2, 0.25) is 0 Å². The fraction of sp³-hybridized carbons (Fsp3) is 0.286. The predicted octanol–water partition coefficient (Wildman–Crippen LogP) is 2.09. The Kier molecular flexibility index (Phi) is 4.41. The lowest BCUT2D eigenvalue weighted by Crippen LogP contribution is -2.25. The molecule has 0 fully saturated rings. The number of pyridine rings is 2. The topological polar surface area (TPSA) is 63.8 Å². The van der Waals surface area contributed by atoms with Crippen LogP contribution in [0.15, 0.2) is 36.7 Å². The first kappa shape index (κ1) is 13.4. The van der Waals surface area contributed by atoms with Gasteiger partial charge in [0.2, 0.25) is 0 Å². The van der Waals surface area contributed by atoms with Gasteiger partial charge in [0.25, 0.3) is 0 Å². The van der Waals surface area contributed by atoms with E-state index in [1.807, 2.05) is 13.0 Å². The Morgan fingerprint density at radius 1 is 1.32 bits per heavy atom. The summed E-state index contributed by atoms with van der Waals surface area (Å²) in [5.41, 5.74) is 7.09. The molecule has 0 amide bonds. The number of hydrogen-bond acceptors (Lipinski definition) is 4. The Morgan fingerprint density at radius 3 is 2.84 bits per heavy atom. The van der Waals surface area contributed by atoms with Gasteiger partial charge in [0, 0.05) is 12.4 Å². The highest BCUT2D eigenvalue weighted by molar-refractivity contribution is 5.32. The summed E-state index contributed by atoms with van der Waals surface area (Å²) < 4.78 is 13.8. The monoisotopic (exact) mass is 260 g/mol. The molecule has 0 spiro atoms. The maximum absolute atomic E-state index is 13.8. The molecule has 4 nitrogen and oxygen atoms in total. The maximum atomic E-state index is 13.8. The third kappa shape index (κ3) is 3.48. The molecular weight excluding hydrogens is 243 g/mol. The van der Waals surface area contributed by atoms with Crippen molar-refractivity contribution in [1.29, 1.82) is 0 Å². The smallest absolute Gasteiger partial charge is 0.146 e. The Morgan fingerprint density at radius 2 is 2.16 bits per heavy atom. The van der Waals surface area contributed by atoms with E-state index in [0.29, 0.717) is 17.9 Å². The lowest BCUT2D eigenvalue weighted by Gasteiger charge is -2.18. The Balaban J connectivity index is 2.24. The first-order chi connectivity index (χ1) is 9.20.